The fraction of sp³-hybridized carbons (Fsp3) is 0.250. The third kappa shape index (κ3) is 2.55. The topological polar surface area (TPSA) is 48.7 Å². The van der Waals surface area contributed by atoms with Gasteiger partial charge in [-0.1, -0.05) is 17.9 Å². The van der Waals surface area contributed by atoms with E-state index >= 15 is 0 Å². The molecule has 1 aromatic carbocycles. The van der Waals surface area contributed by atoms with Crippen LogP contribution in [0, 0.1) is 5.82 Å². The van der Waals surface area contributed by atoms with Gasteiger partial charge in [0.05, 0.1) is 12.3 Å². The van der Waals surface area contributed by atoms with Gasteiger partial charge in [-0.25, -0.2) is 14.4 Å². The van der Waals surface area contributed by atoms with Crippen LogP contribution in [0.25, 0.3) is 5.70 Å². The fourth-order valence-electron chi connectivity index (χ4n) is 2.59. The average molecular weight is 317 g/mol. The number of anilines is 1. The largest absolute Gasteiger partial charge is 0.389 e. The van der Waals surface area contributed by atoms with Crippen molar-refractivity contribution in [2.75, 3.05) is 11.4 Å². The van der Waals surface area contributed by atoms with E-state index in [0.29, 0.717) is 10.7 Å². The number of rotatable bonds is 4. The minimum Gasteiger partial charge on any atom is -0.389 e. The molecular weight excluding hydrogens is 301 g/mol. The summed E-state index contributed by atoms with van der Waals surface area (Å²) in [5, 5.41) is 10.6. The Hall–Kier alpha value is -2.05. The molecule has 3 rings (SSSR count). The predicted octanol–water partition coefficient (Wildman–Crippen LogP) is 3.53. The number of aromatic nitrogens is 1. The van der Waals surface area contributed by atoms with Crippen molar-refractivity contribution in [2.24, 2.45) is 4.99 Å². The molecule has 1 aliphatic heterocycles. The maximum Gasteiger partial charge on any atom is 0.145 e. The summed E-state index contributed by atoms with van der Waals surface area (Å²) in [5.41, 5.74) is 3.32. The van der Waals surface area contributed by atoms with Gasteiger partial charge in [-0.05, 0) is 37.1 Å². The highest BCUT2D eigenvalue weighted by atomic mass is 32.1. The van der Waals surface area contributed by atoms with Crippen LogP contribution < -0.4 is 4.90 Å². The average Bonchev–Trinajstić information content (AvgIpc) is 3.10. The van der Waals surface area contributed by atoms with E-state index in [2.05, 4.69) is 16.6 Å². The Morgan fingerprint density at radius 3 is 3.14 bits per heavy atom. The standard InChI is InChI=1S/C16H16FN3OS/c1-3-18-16-15(19-14(9-21)22-16)10(2)20-7-6-11-8-12(17)4-5-13(11)20/h3-5,8,21H,2,6-7,9H2,1H3. The van der Waals surface area contributed by atoms with Crippen LogP contribution >= 0.6 is 11.3 Å². The van der Waals surface area contributed by atoms with Crippen molar-refractivity contribution >= 4 is 33.9 Å². The molecule has 0 radical (unpaired) electrons. The van der Waals surface area contributed by atoms with E-state index in [4.69, 9.17) is 0 Å². The number of aliphatic hydroxyl groups is 1. The van der Waals surface area contributed by atoms with Gasteiger partial charge < -0.3 is 10.0 Å². The van der Waals surface area contributed by atoms with Crippen molar-refractivity contribution in [3.8, 4) is 0 Å². The number of nitrogens with zero attached hydrogens (tertiary/aromatic N) is 3. The van der Waals surface area contributed by atoms with Crippen LogP contribution in [0.5, 0.6) is 0 Å². The van der Waals surface area contributed by atoms with E-state index in [-0.39, 0.29) is 12.4 Å². The van der Waals surface area contributed by atoms with Crippen LogP contribution in [-0.4, -0.2) is 22.8 Å². The van der Waals surface area contributed by atoms with Crippen molar-refractivity contribution in [1.82, 2.24) is 4.98 Å². The highest BCUT2D eigenvalue weighted by Gasteiger charge is 2.25. The molecule has 2 aromatic rings. The summed E-state index contributed by atoms with van der Waals surface area (Å²) >= 11 is 1.35. The van der Waals surface area contributed by atoms with Crippen LogP contribution in [-0.2, 0) is 13.0 Å². The van der Waals surface area contributed by atoms with E-state index in [1.165, 1.54) is 17.4 Å². The molecule has 0 bridgehead atoms. The Balaban J connectivity index is 1.98. The molecule has 2 heterocycles. The Kier molecular flexibility index (Phi) is 4.04. The lowest BCUT2D eigenvalue weighted by molar-refractivity contribution is 0.281. The van der Waals surface area contributed by atoms with Crippen molar-refractivity contribution in [2.45, 2.75) is 20.0 Å². The highest BCUT2D eigenvalue weighted by Crippen LogP contribution is 2.39. The molecule has 6 heteroatoms. The van der Waals surface area contributed by atoms with Gasteiger partial charge >= 0.3 is 0 Å². The third-order valence-corrected chi connectivity index (χ3v) is 4.52. The lowest BCUT2D eigenvalue weighted by Crippen LogP contribution is -2.18. The minimum absolute atomic E-state index is 0.119. The Morgan fingerprint density at radius 1 is 1.59 bits per heavy atom. The SMILES string of the molecule is C=C(c1nc(CO)sc1N=CC)N1CCc2cc(F)ccc21. The number of hydrogen-bond donors (Lipinski definition) is 1. The fourth-order valence-corrected chi connectivity index (χ4v) is 3.44. The first-order chi connectivity index (χ1) is 10.6. The van der Waals surface area contributed by atoms with E-state index in [1.54, 1.807) is 18.3 Å². The second-order valence-electron chi connectivity index (χ2n) is 4.93. The summed E-state index contributed by atoms with van der Waals surface area (Å²) < 4.78 is 13.3. The maximum absolute atomic E-state index is 13.3. The summed E-state index contributed by atoms with van der Waals surface area (Å²) in [6.07, 6.45) is 2.47. The highest BCUT2D eigenvalue weighted by molar-refractivity contribution is 7.15. The third-order valence-electron chi connectivity index (χ3n) is 3.57. The quantitative estimate of drug-likeness (QED) is 0.878. The predicted molar refractivity (Wildman–Crippen MR) is 88.3 cm³/mol. The molecule has 0 amide bonds. The molecule has 0 saturated heterocycles. The number of hydrogen-bond acceptors (Lipinski definition) is 5. The molecule has 0 saturated carbocycles. The van der Waals surface area contributed by atoms with Crippen LogP contribution in [0.1, 0.15) is 23.2 Å². The van der Waals surface area contributed by atoms with Gasteiger partial charge in [0.1, 0.15) is 21.5 Å². The number of thiazole rings is 1. The molecule has 0 atom stereocenters. The van der Waals surface area contributed by atoms with E-state index in [0.717, 1.165) is 34.9 Å². The molecule has 1 aliphatic rings. The van der Waals surface area contributed by atoms with Crippen molar-refractivity contribution in [3.05, 3.63) is 46.9 Å². The van der Waals surface area contributed by atoms with Gasteiger partial charge in [0, 0.05) is 18.4 Å². The zero-order chi connectivity index (χ0) is 15.7. The van der Waals surface area contributed by atoms with Gasteiger partial charge in [-0.3, -0.25) is 0 Å². The van der Waals surface area contributed by atoms with Crippen molar-refractivity contribution < 1.29 is 9.50 Å². The van der Waals surface area contributed by atoms with Gasteiger partial charge in [0.2, 0.25) is 0 Å². The molecule has 0 fully saturated rings. The minimum atomic E-state index is -0.223. The summed E-state index contributed by atoms with van der Waals surface area (Å²) in [5.74, 6) is -0.223. The molecular formula is C16H16FN3OS. The van der Waals surface area contributed by atoms with Crippen LogP contribution in [0.2, 0.25) is 0 Å². The zero-order valence-corrected chi connectivity index (χ0v) is 13.0. The Morgan fingerprint density at radius 2 is 2.41 bits per heavy atom. The second-order valence-corrected chi connectivity index (χ2v) is 5.99. The van der Waals surface area contributed by atoms with E-state index in [1.807, 2.05) is 11.8 Å². The molecule has 1 N–H and O–H groups in total. The molecule has 22 heavy (non-hydrogen) atoms. The number of benzene rings is 1. The first-order valence-electron chi connectivity index (χ1n) is 6.98. The normalized spacial score (nSPS) is 13.9. The maximum atomic E-state index is 13.3. The van der Waals surface area contributed by atoms with Crippen LogP contribution in [0.3, 0.4) is 0 Å². The zero-order valence-electron chi connectivity index (χ0n) is 12.2. The molecule has 114 valence electrons. The van der Waals surface area contributed by atoms with Gasteiger partial charge in [-0.2, -0.15) is 0 Å². The monoisotopic (exact) mass is 317 g/mol. The summed E-state index contributed by atoms with van der Waals surface area (Å²) in [6.45, 7) is 6.59. The van der Waals surface area contributed by atoms with Gasteiger partial charge in [-0.15, -0.1) is 0 Å². The van der Waals surface area contributed by atoms with Gasteiger partial charge in [0.25, 0.3) is 0 Å². The smallest absolute Gasteiger partial charge is 0.145 e. The lowest BCUT2D eigenvalue weighted by Gasteiger charge is -2.21. The Labute approximate surface area is 132 Å². The molecule has 0 unspecified atom stereocenters. The van der Waals surface area contributed by atoms with Crippen molar-refractivity contribution in [1.29, 1.82) is 0 Å². The number of aliphatic imine (C=N–C) groups is 1. The first-order valence-corrected chi connectivity index (χ1v) is 7.80. The summed E-state index contributed by atoms with van der Waals surface area (Å²) in [4.78, 5) is 10.8. The number of halogens is 1. The molecule has 4 nitrogen and oxygen atoms in total. The van der Waals surface area contributed by atoms with E-state index in [9.17, 15) is 9.50 Å². The number of aliphatic hydroxyl groups excluding tert-OH is 1. The van der Waals surface area contributed by atoms with Gasteiger partial charge in [0.15, 0.2) is 0 Å². The molecule has 0 aliphatic carbocycles. The number of fused-ring (bicyclic) bond motifs is 1. The second kappa shape index (κ2) is 5.98. The first kappa shape index (κ1) is 14.9. The Bertz CT molecular complexity index is 754. The summed E-state index contributed by atoms with van der Waals surface area (Å²) in [7, 11) is 0. The van der Waals surface area contributed by atoms with Crippen LogP contribution in [0.4, 0.5) is 15.1 Å². The summed E-state index contributed by atoms with van der Waals surface area (Å²) in [6, 6.07) is 4.79. The van der Waals surface area contributed by atoms with E-state index < -0.39 is 0 Å². The van der Waals surface area contributed by atoms with Crippen molar-refractivity contribution in [3.63, 3.8) is 0 Å². The lowest BCUT2D eigenvalue weighted by atomic mass is 10.1. The van der Waals surface area contributed by atoms with Crippen LogP contribution in [0.15, 0.2) is 29.8 Å². The molecule has 1 aromatic heterocycles. The molecule has 0 spiro atoms.